The van der Waals surface area contributed by atoms with Crippen LogP contribution in [0.25, 0.3) is 0 Å². The van der Waals surface area contributed by atoms with Gasteiger partial charge >= 0.3 is 0 Å². The molecule has 1 N–H and O–H groups in total. The average Bonchev–Trinajstić information content (AvgIpc) is 2.48. The van der Waals surface area contributed by atoms with E-state index in [9.17, 15) is 0 Å². The minimum Gasteiger partial charge on any atom is -0.487 e. The standard InChI is InChI=1S/C16H13Br2Cl2NO/c1-2-5-22-16-12(17)6-10(7-13(16)18)9-21-11-3-4-14(19)15(20)8-11/h2-4,6-8,21H,1,5,9H2. The molecule has 0 aliphatic rings. The van der Waals surface area contributed by atoms with E-state index in [1.165, 1.54) is 0 Å². The van der Waals surface area contributed by atoms with Crippen molar-refractivity contribution in [1.29, 1.82) is 0 Å². The lowest BCUT2D eigenvalue weighted by molar-refractivity contribution is 0.358. The van der Waals surface area contributed by atoms with Gasteiger partial charge in [0.15, 0.2) is 0 Å². The number of benzene rings is 2. The summed E-state index contributed by atoms with van der Waals surface area (Å²) in [7, 11) is 0. The number of hydrogen-bond acceptors (Lipinski definition) is 2. The molecule has 0 atom stereocenters. The molecule has 0 aromatic heterocycles. The van der Waals surface area contributed by atoms with Crippen LogP contribution in [-0.2, 0) is 6.54 Å². The quantitative estimate of drug-likeness (QED) is 0.479. The van der Waals surface area contributed by atoms with E-state index in [1.807, 2.05) is 18.2 Å². The smallest absolute Gasteiger partial charge is 0.148 e. The van der Waals surface area contributed by atoms with Crippen molar-refractivity contribution in [1.82, 2.24) is 0 Å². The Labute approximate surface area is 156 Å². The summed E-state index contributed by atoms with van der Waals surface area (Å²) in [5, 5.41) is 4.38. The van der Waals surface area contributed by atoms with Gasteiger partial charge in [-0.25, -0.2) is 0 Å². The van der Waals surface area contributed by atoms with E-state index in [1.54, 1.807) is 18.2 Å². The Morgan fingerprint density at radius 2 is 1.77 bits per heavy atom. The number of nitrogens with one attached hydrogen (secondary N) is 1. The van der Waals surface area contributed by atoms with Crippen molar-refractivity contribution in [3.05, 3.63) is 67.5 Å². The van der Waals surface area contributed by atoms with Gasteiger partial charge in [-0.15, -0.1) is 0 Å². The molecule has 116 valence electrons. The summed E-state index contributed by atoms with van der Waals surface area (Å²) in [5.41, 5.74) is 2.00. The lowest BCUT2D eigenvalue weighted by Gasteiger charge is -2.12. The molecule has 0 spiro atoms. The largest absolute Gasteiger partial charge is 0.487 e. The van der Waals surface area contributed by atoms with Gasteiger partial charge in [0.25, 0.3) is 0 Å². The van der Waals surface area contributed by atoms with Gasteiger partial charge in [0.1, 0.15) is 12.4 Å². The summed E-state index contributed by atoms with van der Waals surface area (Å²) >= 11 is 18.9. The van der Waals surface area contributed by atoms with Crippen molar-refractivity contribution < 1.29 is 4.74 Å². The van der Waals surface area contributed by atoms with Crippen molar-refractivity contribution in [3.63, 3.8) is 0 Å². The molecule has 0 heterocycles. The molecule has 0 amide bonds. The van der Waals surface area contributed by atoms with Crippen LogP contribution in [0.3, 0.4) is 0 Å². The Bertz CT molecular complexity index is 669. The van der Waals surface area contributed by atoms with Crippen LogP contribution < -0.4 is 10.1 Å². The minimum atomic E-state index is 0.456. The fourth-order valence-corrected chi connectivity index (χ4v) is 3.61. The van der Waals surface area contributed by atoms with E-state index < -0.39 is 0 Å². The maximum atomic E-state index is 6.00. The Kier molecular flexibility index (Phi) is 6.63. The van der Waals surface area contributed by atoms with Gasteiger partial charge in [-0.3, -0.25) is 0 Å². The monoisotopic (exact) mass is 463 g/mol. The zero-order valence-corrected chi connectivity index (χ0v) is 16.2. The second-order valence-corrected chi connectivity index (χ2v) is 6.99. The topological polar surface area (TPSA) is 21.3 Å². The summed E-state index contributed by atoms with van der Waals surface area (Å²) in [5.74, 6) is 0.762. The fourth-order valence-electron chi connectivity index (χ4n) is 1.80. The van der Waals surface area contributed by atoms with Gasteiger partial charge in [0.05, 0.1) is 19.0 Å². The first-order valence-electron chi connectivity index (χ1n) is 6.42. The molecule has 0 radical (unpaired) electrons. The van der Waals surface area contributed by atoms with E-state index >= 15 is 0 Å². The van der Waals surface area contributed by atoms with E-state index in [-0.39, 0.29) is 0 Å². The van der Waals surface area contributed by atoms with Crippen LogP contribution in [0.2, 0.25) is 10.0 Å². The van der Waals surface area contributed by atoms with Crippen LogP contribution in [0, 0.1) is 0 Å². The zero-order chi connectivity index (χ0) is 16.1. The van der Waals surface area contributed by atoms with Crippen molar-refractivity contribution in [2.24, 2.45) is 0 Å². The molecule has 6 heteroatoms. The highest BCUT2D eigenvalue weighted by Crippen LogP contribution is 2.35. The molecule has 0 saturated carbocycles. The Balaban J connectivity index is 2.09. The summed E-state index contributed by atoms with van der Waals surface area (Å²) in [6.45, 7) is 4.75. The molecule has 2 aromatic carbocycles. The summed E-state index contributed by atoms with van der Waals surface area (Å²) in [4.78, 5) is 0. The molecule has 0 aliphatic carbocycles. The second kappa shape index (κ2) is 8.25. The fraction of sp³-hybridized carbons (Fsp3) is 0.125. The van der Waals surface area contributed by atoms with Crippen LogP contribution in [0.1, 0.15) is 5.56 Å². The average molecular weight is 466 g/mol. The van der Waals surface area contributed by atoms with Crippen molar-refractivity contribution in [2.45, 2.75) is 6.54 Å². The van der Waals surface area contributed by atoms with E-state index in [0.29, 0.717) is 23.2 Å². The normalized spacial score (nSPS) is 10.4. The van der Waals surface area contributed by atoms with Crippen LogP contribution in [0.4, 0.5) is 5.69 Å². The predicted molar refractivity (Wildman–Crippen MR) is 101 cm³/mol. The molecular weight excluding hydrogens is 453 g/mol. The van der Waals surface area contributed by atoms with Gasteiger partial charge in [0.2, 0.25) is 0 Å². The third-order valence-electron chi connectivity index (χ3n) is 2.82. The lowest BCUT2D eigenvalue weighted by Crippen LogP contribution is -2.01. The highest BCUT2D eigenvalue weighted by atomic mass is 79.9. The number of halogens is 4. The van der Waals surface area contributed by atoms with Gasteiger partial charge in [-0.2, -0.15) is 0 Å². The summed E-state index contributed by atoms with van der Waals surface area (Å²) < 4.78 is 7.37. The van der Waals surface area contributed by atoms with Crippen molar-refractivity contribution in [3.8, 4) is 5.75 Å². The molecule has 0 aliphatic heterocycles. The molecule has 0 saturated heterocycles. The van der Waals surface area contributed by atoms with Gasteiger partial charge in [-0.05, 0) is 67.8 Å². The third-order valence-corrected chi connectivity index (χ3v) is 4.74. The van der Waals surface area contributed by atoms with E-state index in [4.69, 9.17) is 27.9 Å². The van der Waals surface area contributed by atoms with E-state index in [2.05, 4.69) is 43.8 Å². The van der Waals surface area contributed by atoms with Crippen LogP contribution in [0.5, 0.6) is 5.75 Å². The Hall–Kier alpha value is -0.680. The SMILES string of the molecule is C=CCOc1c(Br)cc(CNc2ccc(Cl)c(Cl)c2)cc1Br. The predicted octanol–water partition coefficient (Wildman–Crippen LogP) is 6.70. The second-order valence-electron chi connectivity index (χ2n) is 4.47. The highest BCUT2D eigenvalue weighted by Gasteiger charge is 2.09. The van der Waals surface area contributed by atoms with Crippen LogP contribution in [-0.4, -0.2) is 6.61 Å². The molecule has 2 aromatic rings. The first-order chi connectivity index (χ1) is 10.5. The van der Waals surface area contributed by atoms with Crippen molar-refractivity contribution >= 4 is 60.7 Å². The molecule has 0 fully saturated rings. The van der Waals surface area contributed by atoms with Gasteiger partial charge < -0.3 is 10.1 Å². The van der Waals surface area contributed by atoms with Gasteiger partial charge in [-0.1, -0.05) is 35.9 Å². The molecule has 2 nitrogen and oxygen atoms in total. The van der Waals surface area contributed by atoms with Crippen LogP contribution >= 0.6 is 55.1 Å². The maximum absolute atomic E-state index is 6.00. The van der Waals surface area contributed by atoms with Crippen LogP contribution in [0.15, 0.2) is 51.9 Å². The number of hydrogen-bond donors (Lipinski definition) is 1. The lowest BCUT2D eigenvalue weighted by atomic mass is 10.2. The molecule has 2 rings (SSSR count). The highest BCUT2D eigenvalue weighted by molar-refractivity contribution is 9.11. The number of rotatable bonds is 6. The molecule has 0 unspecified atom stereocenters. The third kappa shape index (κ3) is 4.66. The minimum absolute atomic E-state index is 0.456. The zero-order valence-electron chi connectivity index (χ0n) is 11.5. The van der Waals surface area contributed by atoms with E-state index in [0.717, 1.165) is 25.9 Å². The molecule has 0 bridgehead atoms. The number of ether oxygens (including phenoxy) is 1. The Morgan fingerprint density at radius 3 is 2.36 bits per heavy atom. The molecular formula is C16H13Br2Cl2NO. The maximum Gasteiger partial charge on any atom is 0.148 e. The first kappa shape index (κ1) is 17.7. The van der Waals surface area contributed by atoms with Gasteiger partial charge in [0, 0.05) is 12.2 Å². The summed E-state index contributed by atoms with van der Waals surface area (Å²) in [6.07, 6.45) is 1.71. The molecule has 22 heavy (non-hydrogen) atoms. The number of anilines is 1. The Morgan fingerprint density at radius 1 is 1.09 bits per heavy atom. The first-order valence-corrected chi connectivity index (χ1v) is 8.76. The summed E-state index contributed by atoms with van der Waals surface area (Å²) in [6, 6.07) is 9.47. The van der Waals surface area contributed by atoms with Crippen molar-refractivity contribution in [2.75, 3.05) is 11.9 Å².